The number of morpholine rings is 1. The topological polar surface area (TPSA) is 76.5 Å². The summed E-state index contributed by atoms with van der Waals surface area (Å²) in [6.45, 7) is 8.62. The van der Waals surface area contributed by atoms with Crippen molar-refractivity contribution in [2.24, 2.45) is 0 Å². The smallest absolute Gasteiger partial charge is 0.294 e. The van der Waals surface area contributed by atoms with Crippen LogP contribution < -0.4 is 15.9 Å². The van der Waals surface area contributed by atoms with Gasteiger partial charge >= 0.3 is 0 Å². The van der Waals surface area contributed by atoms with E-state index in [4.69, 9.17) is 4.74 Å². The molecule has 1 aliphatic rings. The van der Waals surface area contributed by atoms with Gasteiger partial charge in [0.15, 0.2) is 5.82 Å². The zero-order chi connectivity index (χ0) is 21.3. The first-order valence-corrected chi connectivity index (χ1v) is 10.2. The van der Waals surface area contributed by atoms with Gasteiger partial charge in [0.25, 0.3) is 5.56 Å². The van der Waals surface area contributed by atoms with Gasteiger partial charge in [0, 0.05) is 18.5 Å². The Kier molecular flexibility index (Phi) is 5.55. The highest BCUT2D eigenvalue weighted by Gasteiger charge is 2.19. The molecule has 30 heavy (non-hydrogen) atoms. The summed E-state index contributed by atoms with van der Waals surface area (Å²) in [6.07, 6.45) is 0.186. The fourth-order valence-electron chi connectivity index (χ4n) is 4.06. The Bertz CT molecular complexity index is 1140. The Labute approximate surface area is 175 Å². The largest absolute Gasteiger partial charge is 0.378 e. The minimum atomic E-state index is -0.340. The number of nitrogens with zero attached hydrogens (tertiary/aromatic N) is 3. The molecule has 1 fully saturated rings. The maximum Gasteiger partial charge on any atom is 0.294 e. The lowest BCUT2D eigenvalue weighted by molar-refractivity contribution is -0.116. The molecule has 0 unspecified atom stereocenters. The quantitative estimate of drug-likeness (QED) is 0.720. The minimum absolute atomic E-state index is 0.186. The maximum atomic E-state index is 13.0. The molecule has 0 aliphatic carbocycles. The van der Waals surface area contributed by atoms with Crippen LogP contribution in [-0.2, 0) is 16.0 Å². The van der Waals surface area contributed by atoms with E-state index in [1.54, 1.807) is 6.07 Å². The molecule has 0 radical (unpaired) electrons. The van der Waals surface area contributed by atoms with E-state index < -0.39 is 0 Å². The van der Waals surface area contributed by atoms with E-state index in [-0.39, 0.29) is 17.9 Å². The summed E-state index contributed by atoms with van der Waals surface area (Å²) in [4.78, 5) is 28.9. The molecule has 2 heterocycles. The molecule has 4 rings (SSSR count). The number of hydrogen-bond acceptors (Lipinski definition) is 5. The van der Waals surface area contributed by atoms with E-state index in [0.717, 1.165) is 32.4 Å². The Balaban J connectivity index is 1.68. The van der Waals surface area contributed by atoms with Crippen molar-refractivity contribution >= 4 is 22.5 Å². The number of hydrogen-bond donors (Lipinski definition) is 1. The van der Waals surface area contributed by atoms with Crippen LogP contribution in [-0.4, -0.2) is 42.1 Å². The molecule has 1 aliphatic heterocycles. The van der Waals surface area contributed by atoms with Crippen molar-refractivity contribution in [3.8, 4) is 0 Å². The van der Waals surface area contributed by atoms with Crippen molar-refractivity contribution in [3.05, 3.63) is 69.0 Å². The minimum Gasteiger partial charge on any atom is -0.378 e. The van der Waals surface area contributed by atoms with Crippen LogP contribution >= 0.6 is 0 Å². The third kappa shape index (κ3) is 3.93. The molecule has 1 saturated heterocycles. The average Bonchev–Trinajstić information content (AvgIpc) is 2.73. The normalized spacial score (nSPS) is 14.2. The van der Waals surface area contributed by atoms with Gasteiger partial charge < -0.3 is 9.64 Å². The van der Waals surface area contributed by atoms with Gasteiger partial charge in [-0.2, -0.15) is 0 Å². The number of benzene rings is 2. The average molecular weight is 406 g/mol. The van der Waals surface area contributed by atoms with E-state index in [1.807, 2.05) is 39.0 Å². The zero-order valence-electron chi connectivity index (χ0n) is 17.6. The second kappa shape index (κ2) is 8.28. The number of carbonyl (C=O) groups excluding carboxylic acids is 1. The van der Waals surface area contributed by atoms with E-state index in [0.29, 0.717) is 37.5 Å². The summed E-state index contributed by atoms with van der Waals surface area (Å²) in [5.41, 5.74) is 6.62. The molecule has 156 valence electrons. The van der Waals surface area contributed by atoms with Crippen molar-refractivity contribution < 1.29 is 9.53 Å². The van der Waals surface area contributed by atoms with Crippen LogP contribution in [0, 0.1) is 20.8 Å². The van der Waals surface area contributed by atoms with Crippen molar-refractivity contribution in [3.63, 3.8) is 0 Å². The molecular weight excluding hydrogens is 380 g/mol. The molecule has 0 spiro atoms. The van der Waals surface area contributed by atoms with Crippen LogP contribution in [0.15, 0.2) is 41.2 Å². The summed E-state index contributed by atoms with van der Waals surface area (Å²) in [7, 11) is 0. The van der Waals surface area contributed by atoms with Gasteiger partial charge in [0.1, 0.15) is 0 Å². The number of fused-ring (bicyclic) bond motifs is 1. The highest BCUT2D eigenvalue weighted by atomic mass is 16.5. The lowest BCUT2D eigenvalue weighted by atomic mass is 9.97. The number of amides is 1. The highest BCUT2D eigenvalue weighted by Crippen LogP contribution is 2.22. The molecule has 1 aromatic heterocycles. The number of nitrogens with one attached hydrogen (secondary N) is 1. The van der Waals surface area contributed by atoms with Crippen LogP contribution in [0.2, 0.25) is 0 Å². The first kappa shape index (κ1) is 20.1. The second-order valence-electron chi connectivity index (χ2n) is 7.77. The van der Waals surface area contributed by atoms with Gasteiger partial charge in [-0.1, -0.05) is 35.9 Å². The van der Waals surface area contributed by atoms with Crippen molar-refractivity contribution in [1.29, 1.82) is 0 Å². The van der Waals surface area contributed by atoms with Crippen LogP contribution in [0.3, 0.4) is 0 Å². The fourth-order valence-corrected chi connectivity index (χ4v) is 4.06. The van der Waals surface area contributed by atoms with Crippen LogP contribution in [0.1, 0.15) is 22.3 Å². The van der Waals surface area contributed by atoms with Gasteiger partial charge in [-0.3, -0.25) is 9.59 Å². The number of aryl methyl sites for hydroxylation is 3. The molecule has 1 N–H and O–H groups in total. The Morgan fingerprint density at radius 2 is 1.70 bits per heavy atom. The van der Waals surface area contributed by atoms with E-state index >= 15 is 0 Å². The zero-order valence-corrected chi connectivity index (χ0v) is 17.6. The Morgan fingerprint density at radius 1 is 1.07 bits per heavy atom. The highest BCUT2D eigenvalue weighted by molar-refractivity contribution is 5.92. The van der Waals surface area contributed by atoms with Gasteiger partial charge in [-0.25, -0.2) is 5.43 Å². The maximum absolute atomic E-state index is 13.0. The van der Waals surface area contributed by atoms with E-state index in [9.17, 15) is 9.59 Å². The van der Waals surface area contributed by atoms with Crippen molar-refractivity contribution in [2.45, 2.75) is 27.2 Å². The monoisotopic (exact) mass is 406 g/mol. The molecule has 0 atom stereocenters. The molecular formula is C23H26N4O3. The third-order valence-corrected chi connectivity index (χ3v) is 5.50. The van der Waals surface area contributed by atoms with Gasteiger partial charge in [0.05, 0.1) is 25.0 Å². The predicted molar refractivity (Wildman–Crippen MR) is 118 cm³/mol. The molecule has 7 heteroatoms. The van der Waals surface area contributed by atoms with E-state index in [1.165, 1.54) is 0 Å². The molecule has 0 bridgehead atoms. The first-order chi connectivity index (χ1) is 14.4. The molecule has 0 saturated carbocycles. The second-order valence-corrected chi connectivity index (χ2v) is 7.77. The molecule has 7 nitrogen and oxygen atoms in total. The number of ether oxygens (including phenoxy) is 1. The number of rotatable bonds is 4. The Morgan fingerprint density at radius 3 is 2.37 bits per heavy atom. The molecule has 3 aromatic rings. The standard InChI is InChI=1S/C23H26N4O3/c1-15-12-16(2)20(17(3)13-15)14-21(28)24-27-23(29)19-7-5-4-6-18(19)22(25-27)26-8-10-30-11-9-26/h4-7,12-13H,8-11,14H2,1-3H3,(H,24,28). The van der Waals surface area contributed by atoms with Crippen molar-refractivity contribution in [2.75, 3.05) is 36.6 Å². The molecule has 2 aromatic carbocycles. The van der Waals surface area contributed by atoms with E-state index in [2.05, 4.69) is 27.6 Å². The van der Waals surface area contributed by atoms with Gasteiger partial charge in [-0.05, 0) is 43.5 Å². The summed E-state index contributed by atoms with van der Waals surface area (Å²) in [5, 5.41) is 5.81. The fraction of sp³-hybridized carbons (Fsp3) is 0.348. The van der Waals surface area contributed by atoms with Crippen LogP contribution in [0.5, 0.6) is 0 Å². The summed E-state index contributed by atoms with van der Waals surface area (Å²) in [5.74, 6) is 0.402. The SMILES string of the molecule is Cc1cc(C)c(CC(=O)Nn2nc(N3CCOCC3)c3ccccc3c2=O)c(C)c1. The number of carbonyl (C=O) groups is 1. The third-order valence-electron chi connectivity index (χ3n) is 5.50. The lowest BCUT2D eigenvalue weighted by Gasteiger charge is -2.29. The summed E-state index contributed by atoms with van der Waals surface area (Å²) < 4.78 is 5.44. The first-order valence-electron chi connectivity index (χ1n) is 10.2. The number of anilines is 1. The summed E-state index contributed by atoms with van der Waals surface area (Å²) >= 11 is 0. The predicted octanol–water partition coefficient (Wildman–Crippen LogP) is 2.47. The Hall–Kier alpha value is -3.19. The van der Waals surface area contributed by atoms with Crippen LogP contribution in [0.4, 0.5) is 5.82 Å². The van der Waals surface area contributed by atoms with Crippen LogP contribution in [0.25, 0.3) is 10.8 Å². The summed E-state index contributed by atoms with van der Waals surface area (Å²) in [6, 6.07) is 11.5. The lowest BCUT2D eigenvalue weighted by Crippen LogP contribution is -2.41. The van der Waals surface area contributed by atoms with Gasteiger partial charge in [-0.15, -0.1) is 9.89 Å². The van der Waals surface area contributed by atoms with Gasteiger partial charge in [0.2, 0.25) is 5.91 Å². The van der Waals surface area contributed by atoms with Crippen molar-refractivity contribution in [1.82, 2.24) is 9.89 Å². The number of aromatic nitrogens is 2. The molecule has 1 amide bonds.